The molecule has 0 bridgehead atoms. The van der Waals surface area contributed by atoms with Crippen molar-refractivity contribution in [2.75, 3.05) is 18.5 Å². The lowest BCUT2D eigenvalue weighted by atomic mass is 10.2. The molecule has 0 spiro atoms. The van der Waals surface area contributed by atoms with E-state index in [2.05, 4.69) is 10.6 Å². The first-order valence-corrected chi connectivity index (χ1v) is 7.93. The van der Waals surface area contributed by atoms with Gasteiger partial charge in [-0.05, 0) is 49.6 Å². The summed E-state index contributed by atoms with van der Waals surface area (Å²) in [6, 6.07) is 13.0. The predicted molar refractivity (Wildman–Crippen MR) is 94.5 cm³/mol. The van der Waals surface area contributed by atoms with E-state index in [1.165, 1.54) is 0 Å². The average molecular weight is 333 g/mol. The van der Waals surface area contributed by atoms with Crippen LogP contribution in [-0.4, -0.2) is 19.2 Å². The van der Waals surface area contributed by atoms with E-state index in [1.807, 2.05) is 50.2 Å². The van der Waals surface area contributed by atoms with Crippen LogP contribution in [0.4, 0.5) is 10.5 Å². The number of carbonyl (C=O) groups is 1. The molecule has 122 valence electrons. The van der Waals surface area contributed by atoms with Crippen molar-refractivity contribution in [3.63, 3.8) is 0 Å². The van der Waals surface area contributed by atoms with E-state index in [9.17, 15) is 4.79 Å². The van der Waals surface area contributed by atoms with Crippen molar-refractivity contribution in [3.05, 3.63) is 58.6 Å². The number of halogens is 1. The van der Waals surface area contributed by atoms with Crippen LogP contribution in [-0.2, 0) is 0 Å². The number of amides is 2. The second-order valence-corrected chi connectivity index (χ2v) is 5.72. The summed E-state index contributed by atoms with van der Waals surface area (Å²) in [6.45, 7) is 5.02. The van der Waals surface area contributed by atoms with Crippen LogP contribution < -0.4 is 15.4 Å². The number of urea groups is 1. The van der Waals surface area contributed by atoms with E-state index >= 15 is 0 Å². The normalized spacial score (nSPS) is 10.2. The fourth-order valence-electron chi connectivity index (χ4n) is 2.02. The van der Waals surface area contributed by atoms with Crippen molar-refractivity contribution >= 4 is 23.3 Å². The Kier molecular flexibility index (Phi) is 6.29. The average Bonchev–Trinajstić information content (AvgIpc) is 2.52. The van der Waals surface area contributed by atoms with Gasteiger partial charge in [0, 0.05) is 17.3 Å². The molecular weight excluding hydrogens is 312 g/mol. The molecule has 4 nitrogen and oxygen atoms in total. The molecule has 0 aromatic heterocycles. The summed E-state index contributed by atoms with van der Waals surface area (Å²) in [7, 11) is 0. The van der Waals surface area contributed by atoms with Crippen molar-refractivity contribution in [1.29, 1.82) is 0 Å². The van der Waals surface area contributed by atoms with Crippen LogP contribution in [0.2, 0.25) is 5.02 Å². The van der Waals surface area contributed by atoms with Crippen LogP contribution in [0.5, 0.6) is 5.75 Å². The summed E-state index contributed by atoms with van der Waals surface area (Å²) in [5.74, 6) is 0.881. The molecule has 0 aliphatic rings. The molecular formula is C18H21ClN2O2. The van der Waals surface area contributed by atoms with Crippen LogP contribution in [0.3, 0.4) is 0 Å². The van der Waals surface area contributed by atoms with Gasteiger partial charge in [0.1, 0.15) is 5.75 Å². The van der Waals surface area contributed by atoms with Gasteiger partial charge < -0.3 is 15.4 Å². The number of ether oxygens (including phenoxy) is 1. The van der Waals surface area contributed by atoms with Crippen LogP contribution in [0.15, 0.2) is 42.5 Å². The van der Waals surface area contributed by atoms with E-state index in [0.717, 1.165) is 23.3 Å². The van der Waals surface area contributed by atoms with Gasteiger partial charge in [-0.15, -0.1) is 0 Å². The van der Waals surface area contributed by atoms with Gasteiger partial charge in [0.25, 0.3) is 0 Å². The highest BCUT2D eigenvalue weighted by Gasteiger charge is 2.03. The molecule has 0 saturated heterocycles. The second kappa shape index (κ2) is 8.44. The maximum absolute atomic E-state index is 11.8. The Morgan fingerprint density at radius 1 is 1.13 bits per heavy atom. The SMILES string of the molecule is Cc1ccc(NC(=O)NCCCOc2ccccc2C)cc1Cl. The third-order valence-electron chi connectivity index (χ3n) is 3.39. The fourth-order valence-corrected chi connectivity index (χ4v) is 2.20. The van der Waals surface area contributed by atoms with Gasteiger partial charge >= 0.3 is 6.03 Å². The molecule has 2 aromatic carbocycles. The first kappa shape index (κ1) is 17.2. The molecule has 0 radical (unpaired) electrons. The lowest BCUT2D eigenvalue weighted by molar-refractivity contribution is 0.250. The minimum absolute atomic E-state index is 0.249. The number of hydrogen-bond acceptors (Lipinski definition) is 2. The Hall–Kier alpha value is -2.20. The Morgan fingerprint density at radius 2 is 1.91 bits per heavy atom. The van der Waals surface area contributed by atoms with Gasteiger partial charge in [-0.1, -0.05) is 35.9 Å². The molecule has 2 aromatic rings. The van der Waals surface area contributed by atoms with Crippen molar-refractivity contribution in [2.45, 2.75) is 20.3 Å². The molecule has 0 heterocycles. The number of hydrogen-bond donors (Lipinski definition) is 2. The predicted octanol–water partition coefficient (Wildman–Crippen LogP) is 4.55. The monoisotopic (exact) mass is 332 g/mol. The number of benzene rings is 2. The summed E-state index contributed by atoms with van der Waals surface area (Å²) in [4.78, 5) is 11.8. The smallest absolute Gasteiger partial charge is 0.319 e. The Morgan fingerprint density at radius 3 is 2.65 bits per heavy atom. The van der Waals surface area contributed by atoms with Gasteiger partial charge in [-0.25, -0.2) is 4.79 Å². The largest absolute Gasteiger partial charge is 0.493 e. The fraction of sp³-hybridized carbons (Fsp3) is 0.278. The van der Waals surface area contributed by atoms with Crippen molar-refractivity contribution < 1.29 is 9.53 Å². The lowest BCUT2D eigenvalue weighted by Crippen LogP contribution is -2.30. The Balaban J connectivity index is 1.67. The van der Waals surface area contributed by atoms with E-state index in [0.29, 0.717) is 23.9 Å². The summed E-state index contributed by atoms with van der Waals surface area (Å²) in [5, 5.41) is 6.18. The number of rotatable bonds is 6. The van der Waals surface area contributed by atoms with Crippen LogP contribution >= 0.6 is 11.6 Å². The zero-order chi connectivity index (χ0) is 16.7. The first-order valence-electron chi connectivity index (χ1n) is 7.55. The summed E-state index contributed by atoms with van der Waals surface area (Å²) in [6.07, 6.45) is 0.733. The minimum Gasteiger partial charge on any atom is -0.493 e. The minimum atomic E-state index is -0.249. The summed E-state index contributed by atoms with van der Waals surface area (Å²) in [5.41, 5.74) is 2.76. The van der Waals surface area contributed by atoms with Gasteiger partial charge in [-0.3, -0.25) is 0 Å². The van der Waals surface area contributed by atoms with Crippen molar-refractivity contribution in [1.82, 2.24) is 5.32 Å². The number of carbonyl (C=O) groups excluding carboxylic acids is 1. The van der Waals surface area contributed by atoms with Crippen LogP contribution in [0.25, 0.3) is 0 Å². The summed E-state index contributed by atoms with van der Waals surface area (Å²) < 4.78 is 5.68. The first-order chi connectivity index (χ1) is 11.1. The molecule has 0 fully saturated rings. The third-order valence-corrected chi connectivity index (χ3v) is 3.79. The van der Waals surface area contributed by atoms with Gasteiger partial charge in [0.05, 0.1) is 6.61 Å². The highest BCUT2D eigenvalue weighted by molar-refractivity contribution is 6.31. The Labute approximate surface area is 141 Å². The van der Waals surface area contributed by atoms with Gasteiger partial charge in [-0.2, -0.15) is 0 Å². The van der Waals surface area contributed by atoms with Crippen molar-refractivity contribution in [2.24, 2.45) is 0 Å². The van der Waals surface area contributed by atoms with Crippen molar-refractivity contribution in [3.8, 4) is 5.75 Å². The molecule has 0 saturated carbocycles. The maximum atomic E-state index is 11.8. The molecule has 0 unspecified atom stereocenters. The zero-order valence-corrected chi connectivity index (χ0v) is 14.1. The molecule has 0 aliphatic heterocycles. The van der Waals surface area contributed by atoms with E-state index in [-0.39, 0.29) is 6.03 Å². The van der Waals surface area contributed by atoms with E-state index in [1.54, 1.807) is 6.07 Å². The third kappa shape index (κ3) is 5.49. The highest BCUT2D eigenvalue weighted by Crippen LogP contribution is 2.19. The zero-order valence-electron chi connectivity index (χ0n) is 13.4. The van der Waals surface area contributed by atoms with Crippen LogP contribution in [0, 0.1) is 13.8 Å². The van der Waals surface area contributed by atoms with E-state index in [4.69, 9.17) is 16.3 Å². The maximum Gasteiger partial charge on any atom is 0.319 e. The van der Waals surface area contributed by atoms with Gasteiger partial charge in [0.2, 0.25) is 0 Å². The number of aryl methyl sites for hydroxylation is 2. The number of para-hydroxylation sites is 1. The molecule has 0 atom stereocenters. The van der Waals surface area contributed by atoms with E-state index < -0.39 is 0 Å². The van der Waals surface area contributed by atoms with Crippen LogP contribution in [0.1, 0.15) is 17.5 Å². The number of nitrogens with one attached hydrogen (secondary N) is 2. The molecule has 2 amide bonds. The topological polar surface area (TPSA) is 50.4 Å². The molecule has 5 heteroatoms. The quantitative estimate of drug-likeness (QED) is 0.762. The summed E-state index contributed by atoms with van der Waals surface area (Å²) >= 11 is 6.03. The molecule has 2 N–H and O–H groups in total. The molecule has 0 aliphatic carbocycles. The molecule has 23 heavy (non-hydrogen) atoms. The van der Waals surface area contributed by atoms with Gasteiger partial charge in [0.15, 0.2) is 0 Å². The second-order valence-electron chi connectivity index (χ2n) is 5.31. The highest BCUT2D eigenvalue weighted by atomic mass is 35.5. The Bertz CT molecular complexity index is 674. The standard InChI is InChI=1S/C18H21ClN2O2/c1-13-8-9-15(12-16(13)19)21-18(22)20-10-5-11-23-17-7-4-3-6-14(17)2/h3-4,6-9,12H,5,10-11H2,1-2H3,(H2,20,21,22). The molecule has 2 rings (SSSR count). The lowest BCUT2D eigenvalue weighted by Gasteiger charge is -2.10. The number of anilines is 1.